The van der Waals surface area contributed by atoms with Crippen LogP contribution in [0.25, 0.3) is 0 Å². The van der Waals surface area contributed by atoms with Crippen molar-refractivity contribution in [1.29, 1.82) is 0 Å². The number of halogens is 1. The molecule has 0 saturated carbocycles. The van der Waals surface area contributed by atoms with Crippen LogP contribution in [0.15, 0.2) is 65.6 Å². The molecule has 0 atom stereocenters. The summed E-state index contributed by atoms with van der Waals surface area (Å²) < 4.78 is 19.2. The van der Waals surface area contributed by atoms with E-state index in [0.29, 0.717) is 6.54 Å². The molecule has 0 spiro atoms. The molecule has 25 heavy (non-hydrogen) atoms. The maximum Gasteiger partial charge on any atom is 0.253 e. The van der Waals surface area contributed by atoms with Gasteiger partial charge in [-0.15, -0.1) is 11.3 Å². The van der Waals surface area contributed by atoms with E-state index in [2.05, 4.69) is 5.32 Å². The van der Waals surface area contributed by atoms with Crippen molar-refractivity contribution in [2.75, 3.05) is 0 Å². The molecule has 1 amide bonds. The Bertz CT molecular complexity index is 778. The molecule has 2 aromatic rings. The molecule has 6 heteroatoms. The lowest BCUT2D eigenvalue weighted by Crippen LogP contribution is -2.25. The molecule has 0 saturated heterocycles. The smallest absolute Gasteiger partial charge is 0.253 e. The Kier molecular flexibility index (Phi) is 6.77. The Morgan fingerprint density at radius 2 is 2.00 bits per heavy atom. The fraction of sp³-hybridized carbons (Fsp3) is 0.211. The van der Waals surface area contributed by atoms with Crippen LogP contribution in [-0.4, -0.2) is 5.91 Å². The molecule has 0 aliphatic heterocycles. The monoisotopic (exact) mass is 360 g/mol. The molecule has 0 radical (unpaired) electrons. The summed E-state index contributed by atoms with van der Waals surface area (Å²) in [4.78, 5) is 13.1. The first-order valence-corrected chi connectivity index (χ1v) is 8.73. The van der Waals surface area contributed by atoms with Gasteiger partial charge in [0.05, 0.1) is 12.1 Å². The zero-order valence-corrected chi connectivity index (χ0v) is 15.0. The molecule has 1 aromatic heterocycles. The number of carbonyl (C=O) groups excluding carboxylic acids is 1. The average molecular weight is 360 g/mol. The van der Waals surface area contributed by atoms with Crippen molar-refractivity contribution in [3.63, 3.8) is 0 Å². The van der Waals surface area contributed by atoms with E-state index in [9.17, 15) is 9.18 Å². The van der Waals surface area contributed by atoms with Crippen LogP contribution < -0.4 is 15.8 Å². The lowest BCUT2D eigenvalue weighted by Gasteiger charge is -2.07. The molecule has 0 fully saturated rings. The molecule has 132 valence electrons. The van der Waals surface area contributed by atoms with E-state index < -0.39 is 5.91 Å². The van der Waals surface area contributed by atoms with E-state index in [0.717, 1.165) is 15.7 Å². The molecule has 0 aliphatic carbocycles. The number of benzene rings is 1. The van der Waals surface area contributed by atoms with Crippen LogP contribution >= 0.6 is 11.3 Å². The standard InChI is InChI=1S/C19H21FN2O2S/c1-3-14(20)11-17(13(2)21)19(23)22-12-16-9-10-18(25-16)24-15-7-5-4-6-8-15/h4-11H,3,12,21H2,1-2H3,(H,22,23)/b14-11+,17-13-. The van der Waals surface area contributed by atoms with Crippen LogP contribution in [0, 0.1) is 0 Å². The van der Waals surface area contributed by atoms with Crippen molar-refractivity contribution in [1.82, 2.24) is 5.32 Å². The Morgan fingerprint density at radius 3 is 2.64 bits per heavy atom. The second-order valence-corrected chi connectivity index (χ2v) is 6.49. The van der Waals surface area contributed by atoms with Crippen LogP contribution in [-0.2, 0) is 11.3 Å². The SMILES string of the molecule is CC/C(F)=C\C(C(=O)NCc1ccc(Oc2ccccc2)s1)=C(/C)N. The lowest BCUT2D eigenvalue weighted by atomic mass is 10.1. The second-order valence-electron chi connectivity index (χ2n) is 5.36. The number of thiophene rings is 1. The first-order chi connectivity index (χ1) is 12.0. The van der Waals surface area contributed by atoms with E-state index in [1.165, 1.54) is 17.4 Å². The van der Waals surface area contributed by atoms with E-state index in [1.54, 1.807) is 13.8 Å². The Hall–Kier alpha value is -2.60. The van der Waals surface area contributed by atoms with Crippen molar-refractivity contribution in [3.8, 4) is 10.8 Å². The second kappa shape index (κ2) is 9.03. The first-order valence-electron chi connectivity index (χ1n) is 7.91. The number of rotatable bonds is 7. The van der Waals surface area contributed by atoms with Crippen LogP contribution in [0.5, 0.6) is 10.8 Å². The van der Waals surface area contributed by atoms with Gasteiger partial charge in [-0.25, -0.2) is 4.39 Å². The maximum absolute atomic E-state index is 13.5. The molecule has 1 heterocycles. The molecular weight excluding hydrogens is 339 g/mol. The third kappa shape index (κ3) is 5.76. The molecule has 2 rings (SSSR count). The van der Waals surface area contributed by atoms with Crippen molar-refractivity contribution in [2.24, 2.45) is 5.73 Å². The number of hydrogen-bond donors (Lipinski definition) is 2. The topological polar surface area (TPSA) is 64.3 Å². The quantitative estimate of drug-likeness (QED) is 0.558. The largest absolute Gasteiger partial charge is 0.447 e. The van der Waals surface area contributed by atoms with Gasteiger partial charge in [-0.3, -0.25) is 4.79 Å². The summed E-state index contributed by atoms with van der Waals surface area (Å²) in [7, 11) is 0. The van der Waals surface area contributed by atoms with Crippen molar-refractivity contribution < 1.29 is 13.9 Å². The third-order valence-corrected chi connectivity index (χ3v) is 4.29. The van der Waals surface area contributed by atoms with E-state index in [4.69, 9.17) is 10.5 Å². The van der Waals surface area contributed by atoms with Gasteiger partial charge in [0, 0.05) is 10.6 Å². The zero-order valence-electron chi connectivity index (χ0n) is 14.2. The molecule has 0 bridgehead atoms. The van der Waals surface area contributed by atoms with Gasteiger partial charge in [-0.1, -0.05) is 25.1 Å². The minimum Gasteiger partial charge on any atom is -0.447 e. The van der Waals surface area contributed by atoms with Gasteiger partial charge in [0.2, 0.25) is 0 Å². The van der Waals surface area contributed by atoms with Crippen LogP contribution in [0.1, 0.15) is 25.1 Å². The van der Waals surface area contributed by atoms with E-state index in [1.807, 2.05) is 42.5 Å². The first kappa shape index (κ1) is 18.7. The highest BCUT2D eigenvalue weighted by atomic mass is 32.1. The molecule has 3 N–H and O–H groups in total. The van der Waals surface area contributed by atoms with Crippen molar-refractivity contribution in [2.45, 2.75) is 26.8 Å². The molecule has 0 aliphatic rings. The lowest BCUT2D eigenvalue weighted by molar-refractivity contribution is -0.117. The van der Waals surface area contributed by atoms with Gasteiger partial charge >= 0.3 is 0 Å². The van der Waals surface area contributed by atoms with E-state index in [-0.39, 0.29) is 23.5 Å². The average Bonchev–Trinajstić information content (AvgIpc) is 3.05. The van der Waals surface area contributed by atoms with Crippen LogP contribution in [0.3, 0.4) is 0 Å². The predicted molar refractivity (Wildman–Crippen MR) is 99.1 cm³/mol. The van der Waals surface area contributed by atoms with Crippen molar-refractivity contribution in [3.05, 3.63) is 70.5 Å². The number of allylic oxidation sites excluding steroid dienone is 2. The summed E-state index contributed by atoms with van der Waals surface area (Å²) in [5.74, 6) is -0.0313. The highest BCUT2D eigenvalue weighted by molar-refractivity contribution is 7.13. The van der Waals surface area contributed by atoms with Crippen LogP contribution in [0.2, 0.25) is 0 Å². The van der Waals surface area contributed by atoms with Gasteiger partial charge in [-0.2, -0.15) is 0 Å². The molecule has 1 aromatic carbocycles. The number of carbonyl (C=O) groups is 1. The molecule has 0 unspecified atom stereocenters. The Labute approximate surface area is 150 Å². The van der Waals surface area contributed by atoms with Gasteiger partial charge in [0.25, 0.3) is 5.91 Å². The van der Waals surface area contributed by atoms with Crippen molar-refractivity contribution >= 4 is 17.2 Å². The number of nitrogens with two attached hydrogens (primary N) is 1. The van der Waals surface area contributed by atoms with Crippen LogP contribution in [0.4, 0.5) is 4.39 Å². The number of amides is 1. The molecule has 4 nitrogen and oxygen atoms in total. The number of ether oxygens (including phenoxy) is 1. The Morgan fingerprint density at radius 1 is 1.28 bits per heavy atom. The highest BCUT2D eigenvalue weighted by Gasteiger charge is 2.11. The van der Waals surface area contributed by atoms with Gasteiger partial charge in [-0.05, 0) is 43.7 Å². The summed E-state index contributed by atoms with van der Waals surface area (Å²) >= 11 is 1.43. The highest BCUT2D eigenvalue weighted by Crippen LogP contribution is 2.29. The van der Waals surface area contributed by atoms with E-state index >= 15 is 0 Å². The summed E-state index contributed by atoms with van der Waals surface area (Å²) in [6.07, 6.45) is 1.40. The minimum absolute atomic E-state index is 0.150. The summed E-state index contributed by atoms with van der Waals surface area (Å²) in [5, 5.41) is 3.49. The Balaban J connectivity index is 1.97. The summed E-state index contributed by atoms with van der Waals surface area (Å²) in [6, 6.07) is 13.2. The normalized spacial score (nSPS) is 12.5. The number of hydrogen-bond acceptors (Lipinski definition) is 4. The summed E-state index contributed by atoms with van der Waals surface area (Å²) in [6.45, 7) is 3.57. The van der Waals surface area contributed by atoms with Gasteiger partial charge in [0.1, 0.15) is 11.6 Å². The minimum atomic E-state index is -0.400. The fourth-order valence-electron chi connectivity index (χ4n) is 1.99. The number of nitrogens with one attached hydrogen (secondary N) is 1. The fourth-order valence-corrected chi connectivity index (χ4v) is 2.81. The molecular formula is C19H21FN2O2S. The maximum atomic E-state index is 13.5. The predicted octanol–water partition coefficient (Wildman–Crippen LogP) is 4.65. The zero-order chi connectivity index (χ0) is 18.2. The summed E-state index contributed by atoms with van der Waals surface area (Å²) in [5.41, 5.74) is 6.12. The third-order valence-electron chi connectivity index (χ3n) is 3.33. The van der Waals surface area contributed by atoms with Gasteiger partial charge < -0.3 is 15.8 Å². The van der Waals surface area contributed by atoms with Gasteiger partial charge in [0.15, 0.2) is 5.06 Å². The number of para-hydroxylation sites is 1.